The highest BCUT2D eigenvalue weighted by molar-refractivity contribution is 5.67. The molecule has 0 amide bonds. The van der Waals surface area contributed by atoms with Crippen molar-refractivity contribution in [3.63, 3.8) is 0 Å². The van der Waals surface area contributed by atoms with Crippen LogP contribution in [-0.4, -0.2) is 39.1 Å². The van der Waals surface area contributed by atoms with E-state index in [1.165, 1.54) is 12.5 Å². The Morgan fingerprint density at radius 1 is 1.11 bits per heavy atom. The first-order valence-electron chi connectivity index (χ1n) is 12.8. The summed E-state index contributed by atoms with van der Waals surface area (Å²) >= 11 is 0. The third kappa shape index (κ3) is 4.93. The average molecular weight is 499 g/mol. The number of carbonyl (C=O) groups excluding carboxylic acids is 1. The summed E-state index contributed by atoms with van der Waals surface area (Å²) in [6.07, 6.45) is 3.84. The van der Waals surface area contributed by atoms with Gasteiger partial charge in [0, 0.05) is 31.4 Å². The molecule has 0 radical (unpaired) electrons. The van der Waals surface area contributed by atoms with E-state index in [0.29, 0.717) is 29.9 Å². The molecule has 0 unspecified atom stereocenters. The molecule has 190 valence electrons. The van der Waals surface area contributed by atoms with Crippen molar-refractivity contribution in [1.29, 1.82) is 0 Å². The largest absolute Gasteiger partial charge is 0.454 e. The standard InChI is InChI=1S/C29H30N4O4/c1-19-16-26(31-33(19)18-21-4-3-5-25(17-21)29(12-13-29)36-20(2)34)28-30-27(32-37-28)24-8-6-22(7-9-24)23-10-14-35-15-11-23/h3-9,16-17,23H,10-15,18H2,1-2H3. The average Bonchev–Trinajstić information content (AvgIpc) is 3.35. The second kappa shape index (κ2) is 9.59. The Labute approximate surface area is 215 Å². The Bertz CT molecular complexity index is 1410. The summed E-state index contributed by atoms with van der Waals surface area (Å²) in [6, 6.07) is 18.6. The summed E-state index contributed by atoms with van der Waals surface area (Å²) in [5.74, 6) is 1.25. The first kappa shape index (κ1) is 23.6. The second-order valence-corrected chi connectivity index (χ2v) is 10.0. The molecule has 1 aliphatic carbocycles. The van der Waals surface area contributed by atoms with Crippen molar-refractivity contribution in [1.82, 2.24) is 19.9 Å². The number of aromatic nitrogens is 4. The van der Waals surface area contributed by atoms with Crippen LogP contribution >= 0.6 is 0 Å². The number of hydrogen-bond acceptors (Lipinski definition) is 7. The summed E-state index contributed by atoms with van der Waals surface area (Å²) in [6.45, 7) is 5.71. The third-order valence-electron chi connectivity index (χ3n) is 7.32. The summed E-state index contributed by atoms with van der Waals surface area (Å²) in [5, 5.41) is 8.94. The molecule has 4 aromatic rings. The summed E-state index contributed by atoms with van der Waals surface area (Å²) in [7, 11) is 0. The number of carbonyl (C=O) groups is 1. The molecule has 2 aliphatic rings. The number of esters is 1. The van der Waals surface area contributed by atoms with E-state index in [1.54, 1.807) is 0 Å². The zero-order valence-electron chi connectivity index (χ0n) is 21.1. The normalized spacial score (nSPS) is 17.0. The van der Waals surface area contributed by atoms with E-state index in [0.717, 1.165) is 61.3 Å². The monoisotopic (exact) mass is 498 g/mol. The van der Waals surface area contributed by atoms with Crippen molar-refractivity contribution < 1.29 is 18.8 Å². The van der Waals surface area contributed by atoms with Gasteiger partial charge in [-0.05, 0) is 67.3 Å². The molecule has 8 heteroatoms. The third-order valence-corrected chi connectivity index (χ3v) is 7.32. The molecule has 1 saturated heterocycles. The minimum atomic E-state index is -0.463. The van der Waals surface area contributed by atoms with Gasteiger partial charge < -0.3 is 14.0 Å². The van der Waals surface area contributed by atoms with Gasteiger partial charge in [0.2, 0.25) is 5.82 Å². The highest BCUT2D eigenvalue weighted by Gasteiger charge is 2.48. The summed E-state index contributed by atoms with van der Waals surface area (Å²) < 4.78 is 18.6. The van der Waals surface area contributed by atoms with Gasteiger partial charge >= 0.3 is 5.97 Å². The smallest absolute Gasteiger partial charge is 0.303 e. The van der Waals surface area contributed by atoms with Crippen LogP contribution < -0.4 is 0 Å². The Morgan fingerprint density at radius 2 is 1.89 bits per heavy atom. The zero-order valence-corrected chi connectivity index (χ0v) is 21.1. The van der Waals surface area contributed by atoms with Crippen LogP contribution in [0.1, 0.15) is 60.9 Å². The maximum atomic E-state index is 11.5. The number of ether oxygens (including phenoxy) is 2. The molecule has 1 saturated carbocycles. The number of hydrogen-bond donors (Lipinski definition) is 0. The molecule has 1 aliphatic heterocycles. The van der Waals surface area contributed by atoms with Gasteiger partial charge in [0.15, 0.2) is 5.69 Å². The predicted molar refractivity (Wildman–Crippen MR) is 137 cm³/mol. The lowest BCUT2D eigenvalue weighted by molar-refractivity contribution is -0.149. The van der Waals surface area contributed by atoms with E-state index < -0.39 is 5.60 Å². The fraction of sp³-hybridized carbons (Fsp3) is 0.379. The van der Waals surface area contributed by atoms with Crippen LogP contribution in [-0.2, 0) is 26.4 Å². The van der Waals surface area contributed by atoms with Crippen molar-refractivity contribution in [2.24, 2.45) is 0 Å². The number of benzene rings is 2. The molecule has 0 atom stereocenters. The minimum absolute atomic E-state index is 0.246. The topological polar surface area (TPSA) is 92.3 Å². The Balaban J connectivity index is 1.17. The molecule has 0 N–H and O–H groups in total. The Kier molecular flexibility index (Phi) is 6.12. The number of rotatable bonds is 7. The van der Waals surface area contributed by atoms with E-state index in [2.05, 4.69) is 46.5 Å². The quantitative estimate of drug-likeness (QED) is 0.315. The van der Waals surface area contributed by atoms with Gasteiger partial charge in [0.25, 0.3) is 5.89 Å². The van der Waals surface area contributed by atoms with Crippen molar-refractivity contribution >= 4 is 5.97 Å². The molecule has 6 rings (SSSR count). The van der Waals surface area contributed by atoms with Crippen LogP contribution in [0.5, 0.6) is 0 Å². The van der Waals surface area contributed by atoms with E-state index in [4.69, 9.17) is 19.1 Å². The number of nitrogens with zero attached hydrogens (tertiary/aromatic N) is 4. The summed E-state index contributed by atoms with van der Waals surface area (Å²) in [5.41, 5.74) is 5.54. The molecule has 37 heavy (non-hydrogen) atoms. The van der Waals surface area contributed by atoms with Gasteiger partial charge in [-0.15, -0.1) is 0 Å². The van der Waals surface area contributed by atoms with Gasteiger partial charge in [-0.3, -0.25) is 9.48 Å². The molecule has 8 nitrogen and oxygen atoms in total. The van der Waals surface area contributed by atoms with Crippen molar-refractivity contribution in [3.05, 3.63) is 77.0 Å². The van der Waals surface area contributed by atoms with Crippen molar-refractivity contribution in [2.45, 2.75) is 57.6 Å². The summed E-state index contributed by atoms with van der Waals surface area (Å²) in [4.78, 5) is 16.2. The van der Waals surface area contributed by atoms with Gasteiger partial charge in [0.05, 0.1) is 6.54 Å². The molecular formula is C29H30N4O4. The Hall–Kier alpha value is -3.78. The van der Waals surface area contributed by atoms with E-state index >= 15 is 0 Å². The van der Waals surface area contributed by atoms with Crippen LogP contribution in [0.4, 0.5) is 0 Å². The highest BCUT2D eigenvalue weighted by atomic mass is 16.6. The SMILES string of the molecule is CC(=O)OC1(c2cccc(Cn3nc(-c4nc(-c5ccc(C6CCOCC6)cc5)no4)cc3C)c2)CC1. The van der Waals surface area contributed by atoms with Crippen molar-refractivity contribution in [3.8, 4) is 23.0 Å². The molecule has 0 bridgehead atoms. The fourth-order valence-corrected chi connectivity index (χ4v) is 5.12. The van der Waals surface area contributed by atoms with Gasteiger partial charge in [-0.2, -0.15) is 10.1 Å². The highest BCUT2D eigenvalue weighted by Crippen LogP contribution is 2.49. The fourth-order valence-electron chi connectivity index (χ4n) is 5.12. The zero-order chi connectivity index (χ0) is 25.4. The minimum Gasteiger partial charge on any atom is -0.454 e. The van der Waals surface area contributed by atoms with Crippen LogP contribution in [0.3, 0.4) is 0 Å². The first-order chi connectivity index (χ1) is 18.0. The lowest BCUT2D eigenvalue weighted by atomic mass is 9.91. The van der Waals surface area contributed by atoms with Crippen molar-refractivity contribution in [2.75, 3.05) is 13.2 Å². The molecule has 2 fully saturated rings. The molecule has 3 heterocycles. The second-order valence-electron chi connectivity index (χ2n) is 10.0. The number of aryl methyl sites for hydroxylation is 1. The van der Waals surface area contributed by atoms with Crippen LogP contribution in [0, 0.1) is 6.92 Å². The molecular weight excluding hydrogens is 468 g/mol. The van der Waals surface area contributed by atoms with Crippen LogP contribution in [0.2, 0.25) is 0 Å². The van der Waals surface area contributed by atoms with E-state index in [1.807, 2.05) is 29.8 Å². The predicted octanol–water partition coefficient (Wildman–Crippen LogP) is 5.40. The van der Waals surface area contributed by atoms with E-state index in [9.17, 15) is 4.79 Å². The molecule has 0 spiro atoms. The van der Waals surface area contributed by atoms with Crippen LogP contribution in [0.25, 0.3) is 23.0 Å². The lowest BCUT2D eigenvalue weighted by Gasteiger charge is -2.22. The first-order valence-corrected chi connectivity index (χ1v) is 12.8. The van der Waals surface area contributed by atoms with Gasteiger partial charge in [-0.25, -0.2) is 0 Å². The van der Waals surface area contributed by atoms with Crippen LogP contribution in [0.15, 0.2) is 59.1 Å². The maximum Gasteiger partial charge on any atom is 0.303 e. The van der Waals surface area contributed by atoms with Gasteiger partial charge in [-0.1, -0.05) is 47.6 Å². The Morgan fingerprint density at radius 3 is 2.62 bits per heavy atom. The molecule has 2 aromatic carbocycles. The van der Waals surface area contributed by atoms with Gasteiger partial charge in [0.1, 0.15) is 5.60 Å². The van der Waals surface area contributed by atoms with E-state index in [-0.39, 0.29) is 5.97 Å². The maximum absolute atomic E-state index is 11.5. The lowest BCUT2D eigenvalue weighted by Crippen LogP contribution is -2.16. The molecule has 2 aromatic heterocycles.